The second kappa shape index (κ2) is 46.3. The smallest absolute Gasteiger partial charge is 0.306 e. The molecule has 0 N–H and O–H groups in total. The van der Waals surface area contributed by atoms with Gasteiger partial charge in [-0.3, -0.25) is 14.4 Å². The first kappa shape index (κ1) is 54.6. The summed E-state index contributed by atoms with van der Waals surface area (Å²) >= 11 is 0. The van der Waals surface area contributed by atoms with Crippen molar-refractivity contribution in [3.05, 3.63) is 85.1 Å². The number of allylic oxidation sites excluding steroid dienone is 14. The Bertz CT molecular complexity index is 1160. The molecule has 0 saturated carbocycles. The van der Waals surface area contributed by atoms with Gasteiger partial charge >= 0.3 is 17.9 Å². The summed E-state index contributed by atoms with van der Waals surface area (Å²) in [6.45, 7) is 6.31. The molecule has 0 radical (unpaired) electrons. The maximum absolute atomic E-state index is 12.7. The van der Waals surface area contributed by atoms with Crippen LogP contribution in [0.25, 0.3) is 0 Å². The molecule has 1 unspecified atom stereocenters. The molecule has 0 rings (SSSR count). The molecule has 6 nitrogen and oxygen atoms in total. The Labute approximate surface area is 356 Å². The highest BCUT2D eigenvalue weighted by Gasteiger charge is 2.19. The first-order valence-corrected chi connectivity index (χ1v) is 23.6. The SMILES string of the molecule is CC/C=C\C/C=C\C/C=C\C/C=C\CCCCCC(=O)OCC(COC(=O)CCC/C=C\C/C=C\C/C=C\CC)OC(=O)CCCCCCCCCCCCCCC. The Kier molecular flexibility index (Phi) is 43.6. The third-order valence-corrected chi connectivity index (χ3v) is 9.65. The summed E-state index contributed by atoms with van der Waals surface area (Å²) in [5, 5.41) is 0. The monoisotopic (exact) mass is 807 g/mol. The van der Waals surface area contributed by atoms with Crippen LogP contribution in [-0.4, -0.2) is 37.2 Å². The number of esters is 3. The molecule has 0 fully saturated rings. The van der Waals surface area contributed by atoms with Crippen LogP contribution in [0.4, 0.5) is 0 Å². The highest BCUT2D eigenvalue weighted by molar-refractivity contribution is 5.71. The van der Waals surface area contributed by atoms with Crippen molar-refractivity contribution in [2.24, 2.45) is 0 Å². The molecule has 0 amide bonds. The van der Waals surface area contributed by atoms with Crippen LogP contribution in [-0.2, 0) is 28.6 Å². The average molecular weight is 807 g/mol. The van der Waals surface area contributed by atoms with E-state index in [1.165, 1.54) is 64.2 Å². The van der Waals surface area contributed by atoms with E-state index in [4.69, 9.17) is 14.2 Å². The fourth-order valence-corrected chi connectivity index (χ4v) is 6.16. The topological polar surface area (TPSA) is 78.9 Å². The van der Waals surface area contributed by atoms with Gasteiger partial charge in [0.25, 0.3) is 0 Å². The van der Waals surface area contributed by atoms with Crippen LogP contribution in [0.1, 0.15) is 207 Å². The fourth-order valence-electron chi connectivity index (χ4n) is 6.16. The average Bonchev–Trinajstić information content (AvgIpc) is 3.22. The molecule has 0 aliphatic rings. The highest BCUT2D eigenvalue weighted by Crippen LogP contribution is 2.14. The van der Waals surface area contributed by atoms with Crippen molar-refractivity contribution in [3.8, 4) is 0 Å². The largest absolute Gasteiger partial charge is 0.462 e. The number of carbonyl (C=O) groups is 3. The van der Waals surface area contributed by atoms with E-state index in [9.17, 15) is 14.4 Å². The minimum atomic E-state index is -0.806. The van der Waals surface area contributed by atoms with E-state index in [0.717, 1.165) is 96.3 Å². The van der Waals surface area contributed by atoms with Gasteiger partial charge in [0, 0.05) is 19.3 Å². The maximum atomic E-state index is 12.7. The van der Waals surface area contributed by atoms with Gasteiger partial charge in [-0.15, -0.1) is 0 Å². The lowest BCUT2D eigenvalue weighted by molar-refractivity contribution is -0.167. The lowest BCUT2D eigenvalue weighted by Crippen LogP contribution is -2.30. The van der Waals surface area contributed by atoms with Gasteiger partial charge in [0.05, 0.1) is 0 Å². The van der Waals surface area contributed by atoms with Crippen LogP contribution in [0.3, 0.4) is 0 Å². The van der Waals surface area contributed by atoms with E-state index in [1.54, 1.807) is 0 Å². The normalized spacial score (nSPS) is 12.8. The summed E-state index contributed by atoms with van der Waals surface area (Å²) in [6, 6.07) is 0. The fraction of sp³-hybridized carbons (Fsp3) is 0.673. The second-order valence-corrected chi connectivity index (χ2v) is 15.3. The Morgan fingerprint density at radius 1 is 0.362 bits per heavy atom. The van der Waals surface area contributed by atoms with Crippen LogP contribution in [0.2, 0.25) is 0 Å². The lowest BCUT2D eigenvalue weighted by Gasteiger charge is -2.18. The van der Waals surface area contributed by atoms with Crippen LogP contribution >= 0.6 is 0 Å². The first-order chi connectivity index (χ1) is 28.5. The van der Waals surface area contributed by atoms with Crippen molar-refractivity contribution in [1.82, 2.24) is 0 Å². The molecule has 0 saturated heterocycles. The molecule has 0 bridgehead atoms. The molecule has 0 aromatic heterocycles. The molecule has 0 aromatic rings. The molecular weight excluding hydrogens is 721 g/mol. The van der Waals surface area contributed by atoms with Gasteiger partial charge in [0.2, 0.25) is 0 Å². The molecule has 1 atom stereocenters. The standard InChI is InChI=1S/C52H86O6/c1-4-7-10-13-16-19-22-24-25-26-28-30-33-36-39-42-45-51(54)57-48-49(47-56-50(53)44-41-38-35-32-29-21-18-15-12-9-6-3)58-52(55)46-43-40-37-34-31-27-23-20-17-14-11-8-5-2/h7,9-10,12,16,18-19,21,24-25,28,30,32,35,49H,4-6,8,11,13-15,17,20,22-23,26-27,29,31,33-34,36-48H2,1-3H3/b10-7-,12-9-,19-16-,21-18-,25-24-,30-28-,35-32-. The quantitative estimate of drug-likeness (QED) is 0.0265. The number of rotatable bonds is 41. The maximum Gasteiger partial charge on any atom is 0.306 e. The van der Waals surface area contributed by atoms with Crippen molar-refractivity contribution in [3.63, 3.8) is 0 Å². The lowest BCUT2D eigenvalue weighted by atomic mass is 10.0. The van der Waals surface area contributed by atoms with Gasteiger partial charge in [0.1, 0.15) is 13.2 Å². The number of hydrogen-bond donors (Lipinski definition) is 0. The zero-order valence-electron chi connectivity index (χ0n) is 37.5. The third kappa shape index (κ3) is 43.7. The predicted molar refractivity (Wildman–Crippen MR) is 247 cm³/mol. The van der Waals surface area contributed by atoms with Crippen LogP contribution in [0.5, 0.6) is 0 Å². The predicted octanol–water partition coefficient (Wildman–Crippen LogP) is 15.3. The van der Waals surface area contributed by atoms with E-state index < -0.39 is 6.10 Å². The van der Waals surface area contributed by atoms with Gasteiger partial charge in [0.15, 0.2) is 6.10 Å². The molecule has 0 aliphatic carbocycles. The van der Waals surface area contributed by atoms with E-state index in [-0.39, 0.29) is 37.5 Å². The van der Waals surface area contributed by atoms with Gasteiger partial charge in [-0.05, 0) is 83.5 Å². The summed E-state index contributed by atoms with van der Waals surface area (Å²) in [6.07, 6.45) is 58.6. The van der Waals surface area contributed by atoms with E-state index in [2.05, 4.69) is 106 Å². The molecular formula is C52H86O6. The Hall–Kier alpha value is -3.41. The molecule has 330 valence electrons. The first-order valence-electron chi connectivity index (χ1n) is 23.6. The van der Waals surface area contributed by atoms with Crippen LogP contribution < -0.4 is 0 Å². The third-order valence-electron chi connectivity index (χ3n) is 9.65. The highest BCUT2D eigenvalue weighted by atomic mass is 16.6. The molecule has 0 spiro atoms. The van der Waals surface area contributed by atoms with Gasteiger partial charge in [-0.1, -0.05) is 189 Å². The van der Waals surface area contributed by atoms with E-state index in [0.29, 0.717) is 19.3 Å². The number of carbonyl (C=O) groups excluding carboxylic acids is 3. The zero-order valence-corrected chi connectivity index (χ0v) is 37.5. The Morgan fingerprint density at radius 3 is 1.12 bits per heavy atom. The molecule has 58 heavy (non-hydrogen) atoms. The molecule has 6 heteroatoms. The minimum absolute atomic E-state index is 0.108. The van der Waals surface area contributed by atoms with E-state index >= 15 is 0 Å². The number of unbranched alkanes of at least 4 members (excludes halogenated alkanes) is 16. The zero-order chi connectivity index (χ0) is 42.3. The van der Waals surface area contributed by atoms with Crippen molar-refractivity contribution < 1.29 is 28.6 Å². The van der Waals surface area contributed by atoms with E-state index in [1.807, 2.05) is 0 Å². The van der Waals surface area contributed by atoms with Crippen molar-refractivity contribution in [2.45, 2.75) is 213 Å². The van der Waals surface area contributed by atoms with Crippen molar-refractivity contribution in [1.29, 1.82) is 0 Å². The van der Waals surface area contributed by atoms with Crippen molar-refractivity contribution in [2.75, 3.05) is 13.2 Å². The summed E-state index contributed by atoms with van der Waals surface area (Å²) in [4.78, 5) is 37.8. The Balaban J connectivity index is 4.48. The summed E-state index contributed by atoms with van der Waals surface area (Å²) in [5.41, 5.74) is 0. The van der Waals surface area contributed by atoms with Crippen LogP contribution in [0.15, 0.2) is 85.1 Å². The summed E-state index contributed by atoms with van der Waals surface area (Å²) < 4.78 is 16.7. The summed E-state index contributed by atoms with van der Waals surface area (Å²) in [5.74, 6) is -0.997. The second-order valence-electron chi connectivity index (χ2n) is 15.3. The number of hydrogen-bond acceptors (Lipinski definition) is 6. The molecule has 0 aliphatic heterocycles. The van der Waals surface area contributed by atoms with Crippen LogP contribution in [0, 0.1) is 0 Å². The van der Waals surface area contributed by atoms with Gasteiger partial charge < -0.3 is 14.2 Å². The van der Waals surface area contributed by atoms with Crippen molar-refractivity contribution >= 4 is 17.9 Å². The molecule has 0 aromatic carbocycles. The Morgan fingerprint density at radius 2 is 0.690 bits per heavy atom. The van der Waals surface area contributed by atoms with Gasteiger partial charge in [-0.25, -0.2) is 0 Å². The summed E-state index contributed by atoms with van der Waals surface area (Å²) in [7, 11) is 0. The number of ether oxygens (including phenoxy) is 3. The van der Waals surface area contributed by atoms with Gasteiger partial charge in [-0.2, -0.15) is 0 Å². The minimum Gasteiger partial charge on any atom is -0.462 e. The molecule has 0 heterocycles.